The molecule has 5 heteroatoms. The van der Waals surface area contributed by atoms with E-state index in [-0.39, 0.29) is 0 Å². The van der Waals surface area contributed by atoms with E-state index in [9.17, 15) is 0 Å². The Kier molecular flexibility index (Phi) is 6.49. The topological polar surface area (TPSA) is 43.5 Å². The van der Waals surface area contributed by atoms with Crippen molar-refractivity contribution in [1.29, 1.82) is 0 Å². The number of hydrogen-bond donors (Lipinski definition) is 2. The summed E-state index contributed by atoms with van der Waals surface area (Å²) >= 11 is 0. The predicted molar refractivity (Wildman–Crippen MR) is 138 cm³/mol. The zero-order chi connectivity index (χ0) is 22.5. The van der Waals surface area contributed by atoms with E-state index in [0.717, 1.165) is 56.3 Å². The fourth-order valence-corrected chi connectivity index (χ4v) is 4.69. The van der Waals surface area contributed by atoms with Crippen LogP contribution >= 0.6 is 0 Å². The van der Waals surface area contributed by atoms with E-state index < -0.39 is 0 Å². The SMILES string of the molecule is CNc1cccc(Oc2ccccc2N2CCN(CCCc3c[nH]c4ccccc34)CC2)c1. The molecule has 3 aromatic carbocycles. The Morgan fingerprint density at radius 2 is 1.73 bits per heavy atom. The molecule has 1 aromatic heterocycles. The maximum absolute atomic E-state index is 6.28. The van der Waals surface area contributed by atoms with Gasteiger partial charge in [0.2, 0.25) is 0 Å². The number of aryl methyl sites for hydroxylation is 1. The molecule has 0 bridgehead atoms. The third-order valence-electron chi connectivity index (χ3n) is 6.52. The smallest absolute Gasteiger partial charge is 0.150 e. The van der Waals surface area contributed by atoms with E-state index in [2.05, 4.69) is 68.8 Å². The third kappa shape index (κ3) is 4.99. The van der Waals surface area contributed by atoms with Crippen molar-refractivity contribution in [3.05, 3.63) is 84.6 Å². The first-order chi connectivity index (χ1) is 16.3. The van der Waals surface area contributed by atoms with Crippen molar-refractivity contribution in [3.8, 4) is 11.5 Å². The van der Waals surface area contributed by atoms with Crippen LogP contribution < -0.4 is 15.0 Å². The number of piperazine rings is 1. The van der Waals surface area contributed by atoms with E-state index in [1.165, 1.54) is 28.6 Å². The highest BCUT2D eigenvalue weighted by Gasteiger charge is 2.20. The summed E-state index contributed by atoms with van der Waals surface area (Å²) in [5, 5.41) is 4.53. The number of rotatable bonds is 8. The molecule has 0 saturated carbocycles. The van der Waals surface area contributed by atoms with Crippen molar-refractivity contribution in [2.75, 3.05) is 50.0 Å². The molecule has 2 heterocycles. The highest BCUT2D eigenvalue weighted by atomic mass is 16.5. The molecule has 0 amide bonds. The van der Waals surface area contributed by atoms with Gasteiger partial charge in [-0.05, 0) is 55.3 Å². The normalized spacial score (nSPS) is 14.5. The molecular formula is C28H32N4O. The van der Waals surface area contributed by atoms with Gasteiger partial charge in [-0.25, -0.2) is 0 Å². The zero-order valence-electron chi connectivity index (χ0n) is 19.3. The number of aromatic amines is 1. The largest absolute Gasteiger partial charge is 0.455 e. The van der Waals surface area contributed by atoms with Gasteiger partial charge in [0.1, 0.15) is 5.75 Å². The predicted octanol–water partition coefficient (Wildman–Crippen LogP) is 5.76. The monoisotopic (exact) mass is 440 g/mol. The average Bonchev–Trinajstić information content (AvgIpc) is 3.28. The Hall–Kier alpha value is -3.44. The lowest BCUT2D eigenvalue weighted by molar-refractivity contribution is 0.254. The first-order valence-electron chi connectivity index (χ1n) is 11.9. The van der Waals surface area contributed by atoms with Crippen molar-refractivity contribution in [1.82, 2.24) is 9.88 Å². The molecule has 1 fully saturated rings. The average molecular weight is 441 g/mol. The van der Waals surface area contributed by atoms with Gasteiger partial charge in [-0.1, -0.05) is 36.4 Å². The molecule has 5 nitrogen and oxygen atoms in total. The first-order valence-corrected chi connectivity index (χ1v) is 11.9. The third-order valence-corrected chi connectivity index (χ3v) is 6.52. The second-order valence-corrected chi connectivity index (χ2v) is 8.64. The molecule has 1 aliphatic rings. The van der Waals surface area contributed by atoms with Gasteiger partial charge in [0.25, 0.3) is 0 Å². The number of fused-ring (bicyclic) bond motifs is 1. The fraction of sp³-hybridized carbons (Fsp3) is 0.286. The summed E-state index contributed by atoms with van der Waals surface area (Å²) < 4.78 is 6.28. The molecule has 33 heavy (non-hydrogen) atoms. The van der Waals surface area contributed by atoms with Gasteiger partial charge in [0.15, 0.2) is 5.75 Å². The number of nitrogens with one attached hydrogen (secondary N) is 2. The summed E-state index contributed by atoms with van der Waals surface area (Å²) in [6, 6.07) is 25.0. The molecule has 1 saturated heterocycles. The van der Waals surface area contributed by atoms with Crippen LogP contribution in [0, 0.1) is 0 Å². The van der Waals surface area contributed by atoms with E-state index in [1.807, 2.05) is 37.4 Å². The molecule has 0 radical (unpaired) electrons. The standard InChI is InChI=1S/C28H32N4O/c1-29-23-9-6-10-24(20-23)33-28-14-5-4-13-27(28)32-18-16-31(17-19-32)15-7-8-22-21-30-26-12-3-2-11-25(22)26/h2-6,9-14,20-21,29-30H,7-8,15-19H2,1H3. The summed E-state index contributed by atoms with van der Waals surface area (Å²) in [4.78, 5) is 8.43. The van der Waals surface area contributed by atoms with Gasteiger partial charge in [0, 0.05) is 62.1 Å². The number of para-hydroxylation sites is 3. The van der Waals surface area contributed by atoms with Crippen LogP contribution in [0.4, 0.5) is 11.4 Å². The zero-order valence-corrected chi connectivity index (χ0v) is 19.3. The molecule has 1 aliphatic heterocycles. The second-order valence-electron chi connectivity index (χ2n) is 8.64. The van der Waals surface area contributed by atoms with Crippen LogP contribution in [-0.2, 0) is 6.42 Å². The van der Waals surface area contributed by atoms with Crippen molar-refractivity contribution in [3.63, 3.8) is 0 Å². The Morgan fingerprint density at radius 1 is 0.909 bits per heavy atom. The van der Waals surface area contributed by atoms with Crippen molar-refractivity contribution in [2.24, 2.45) is 0 Å². The summed E-state index contributed by atoms with van der Waals surface area (Å²) in [7, 11) is 1.92. The highest BCUT2D eigenvalue weighted by molar-refractivity contribution is 5.83. The van der Waals surface area contributed by atoms with E-state index in [1.54, 1.807) is 0 Å². The number of benzene rings is 3. The second kappa shape index (κ2) is 10.0. The van der Waals surface area contributed by atoms with Crippen LogP contribution in [0.25, 0.3) is 10.9 Å². The summed E-state index contributed by atoms with van der Waals surface area (Å²) in [5.74, 6) is 1.77. The number of aromatic nitrogens is 1. The Bertz CT molecular complexity index is 1190. The molecule has 5 rings (SSSR count). The highest BCUT2D eigenvalue weighted by Crippen LogP contribution is 2.33. The minimum absolute atomic E-state index is 0.852. The van der Waals surface area contributed by atoms with Crippen molar-refractivity contribution >= 4 is 22.3 Å². The molecule has 0 atom stereocenters. The Morgan fingerprint density at radius 3 is 2.61 bits per heavy atom. The maximum Gasteiger partial charge on any atom is 0.150 e. The van der Waals surface area contributed by atoms with Gasteiger partial charge < -0.3 is 19.9 Å². The number of anilines is 2. The van der Waals surface area contributed by atoms with Crippen LogP contribution in [0.1, 0.15) is 12.0 Å². The van der Waals surface area contributed by atoms with Crippen molar-refractivity contribution < 1.29 is 4.74 Å². The summed E-state index contributed by atoms with van der Waals surface area (Å²) in [5.41, 5.74) is 4.88. The lowest BCUT2D eigenvalue weighted by Gasteiger charge is -2.36. The molecule has 2 N–H and O–H groups in total. The number of H-pyrrole nitrogens is 1. The molecule has 0 aliphatic carbocycles. The van der Waals surface area contributed by atoms with Gasteiger partial charge in [0.05, 0.1) is 5.69 Å². The van der Waals surface area contributed by atoms with Crippen LogP contribution in [0.15, 0.2) is 79.0 Å². The quantitative estimate of drug-likeness (QED) is 0.366. The van der Waals surface area contributed by atoms with Crippen LogP contribution in [0.2, 0.25) is 0 Å². The van der Waals surface area contributed by atoms with E-state index in [0.29, 0.717) is 0 Å². The molecule has 4 aromatic rings. The molecule has 0 unspecified atom stereocenters. The van der Waals surface area contributed by atoms with Gasteiger partial charge in [-0.2, -0.15) is 0 Å². The number of ether oxygens (including phenoxy) is 1. The summed E-state index contributed by atoms with van der Waals surface area (Å²) in [6.07, 6.45) is 4.47. The van der Waals surface area contributed by atoms with Gasteiger partial charge in [-0.3, -0.25) is 4.90 Å². The first kappa shape index (κ1) is 21.4. The lowest BCUT2D eigenvalue weighted by Crippen LogP contribution is -2.46. The van der Waals surface area contributed by atoms with Crippen LogP contribution in [-0.4, -0.2) is 49.7 Å². The fourth-order valence-electron chi connectivity index (χ4n) is 4.69. The molecule has 170 valence electrons. The van der Waals surface area contributed by atoms with Crippen LogP contribution in [0.3, 0.4) is 0 Å². The van der Waals surface area contributed by atoms with E-state index in [4.69, 9.17) is 4.74 Å². The Labute approximate surface area is 196 Å². The van der Waals surface area contributed by atoms with E-state index >= 15 is 0 Å². The molecular weight excluding hydrogens is 408 g/mol. The number of nitrogens with zero attached hydrogens (tertiary/aromatic N) is 2. The van der Waals surface area contributed by atoms with Crippen LogP contribution in [0.5, 0.6) is 11.5 Å². The van der Waals surface area contributed by atoms with Gasteiger partial charge >= 0.3 is 0 Å². The number of hydrogen-bond acceptors (Lipinski definition) is 4. The minimum Gasteiger partial charge on any atom is -0.455 e. The molecule has 0 spiro atoms. The summed E-state index contributed by atoms with van der Waals surface area (Å²) in [6.45, 7) is 5.34. The Balaban J connectivity index is 1.16. The maximum atomic E-state index is 6.28. The van der Waals surface area contributed by atoms with Crippen molar-refractivity contribution in [2.45, 2.75) is 12.8 Å². The lowest BCUT2D eigenvalue weighted by atomic mass is 10.1. The van der Waals surface area contributed by atoms with Gasteiger partial charge in [-0.15, -0.1) is 0 Å². The minimum atomic E-state index is 0.852.